The molecule has 5 nitrogen and oxygen atoms in total. The Balaban J connectivity index is 1.57. The molecule has 1 N–H and O–H groups in total. The molecule has 1 aromatic heterocycles. The number of amides is 1. The zero-order valence-electron chi connectivity index (χ0n) is 14.8. The molecular formula is C21H19FN2O3. The van der Waals surface area contributed by atoms with Crippen molar-refractivity contribution in [2.75, 3.05) is 6.61 Å². The van der Waals surface area contributed by atoms with E-state index in [0.29, 0.717) is 22.9 Å². The minimum Gasteiger partial charge on any atom is -0.484 e. The molecule has 0 bridgehead atoms. The number of nitrogens with zero attached hydrogens (tertiary/aromatic N) is 1. The van der Waals surface area contributed by atoms with Crippen LogP contribution in [0.4, 0.5) is 4.39 Å². The van der Waals surface area contributed by atoms with E-state index in [2.05, 4.69) is 10.3 Å². The Labute approximate surface area is 156 Å². The highest BCUT2D eigenvalue weighted by Gasteiger charge is 2.09. The van der Waals surface area contributed by atoms with Crippen LogP contribution < -0.4 is 14.8 Å². The topological polar surface area (TPSA) is 60.5 Å². The zero-order valence-corrected chi connectivity index (χ0v) is 14.8. The molecule has 0 fully saturated rings. The largest absolute Gasteiger partial charge is 0.484 e. The van der Waals surface area contributed by atoms with Crippen LogP contribution in [0, 0.1) is 12.7 Å². The van der Waals surface area contributed by atoms with Crippen molar-refractivity contribution in [2.45, 2.75) is 13.5 Å². The summed E-state index contributed by atoms with van der Waals surface area (Å²) in [6, 6.07) is 16.8. The van der Waals surface area contributed by atoms with Crippen molar-refractivity contribution in [1.82, 2.24) is 10.3 Å². The minimum absolute atomic E-state index is 0.0934. The minimum atomic E-state index is -0.397. The van der Waals surface area contributed by atoms with E-state index in [1.54, 1.807) is 36.5 Å². The van der Waals surface area contributed by atoms with Gasteiger partial charge < -0.3 is 14.8 Å². The van der Waals surface area contributed by atoms with Crippen molar-refractivity contribution < 1.29 is 18.7 Å². The molecule has 0 spiro atoms. The van der Waals surface area contributed by atoms with E-state index < -0.39 is 5.82 Å². The van der Waals surface area contributed by atoms with Crippen LogP contribution in [0.3, 0.4) is 0 Å². The van der Waals surface area contributed by atoms with Gasteiger partial charge in [-0.1, -0.05) is 24.3 Å². The monoisotopic (exact) mass is 366 g/mol. The third kappa shape index (κ3) is 5.54. The Kier molecular flexibility index (Phi) is 5.99. The second kappa shape index (κ2) is 8.80. The fourth-order valence-electron chi connectivity index (χ4n) is 2.39. The van der Waals surface area contributed by atoms with Gasteiger partial charge in [-0.05, 0) is 42.8 Å². The number of rotatable bonds is 7. The average Bonchev–Trinajstić information content (AvgIpc) is 2.66. The van der Waals surface area contributed by atoms with Crippen LogP contribution in [0.25, 0.3) is 0 Å². The number of carbonyl (C=O) groups excluding carboxylic acids is 1. The lowest BCUT2D eigenvalue weighted by atomic mass is 10.2. The van der Waals surface area contributed by atoms with Crippen LogP contribution >= 0.6 is 0 Å². The number of hydrogen-bond donors (Lipinski definition) is 1. The molecular weight excluding hydrogens is 347 g/mol. The first-order chi connectivity index (χ1) is 13.1. The highest BCUT2D eigenvalue weighted by molar-refractivity contribution is 5.77. The Morgan fingerprint density at radius 2 is 1.89 bits per heavy atom. The van der Waals surface area contributed by atoms with Crippen LogP contribution in [-0.2, 0) is 11.3 Å². The molecule has 6 heteroatoms. The smallest absolute Gasteiger partial charge is 0.258 e. The lowest BCUT2D eigenvalue weighted by Gasteiger charge is -2.11. The van der Waals surface area contributed by atoms with Gasteiger partial charge in [0.2, 0.25) is 5.88 Å². The van der Waals surface area contributed by atoms with Gasteiger partial charge in [0.25, 0.3) is 5.91 Å². The van der Waals surface area contributed by atoms with Gasteiger partial charge in [-0.25, -0.2) is 9.37 Å². The lowest BCUT2D eigenvalue weighted by Crippen LogP contribution is -2.28. The third-order valence-electron chi connectivity index (χ3n) is 3.70. The molecule has 2 aromatic carbocycles. The predicted octanol–water partition coefficient (Wildman–Crippen LogP) is 4.02. The maximum atomic E-state index is 13.3. The highest BCUT2D eigenvalue weighted by atomic mass is 19.1. The lowest BCUT2D eigenvalue weighted by molar-refractivity contribution is -0.123. The Morgan fingerprint density at radius 1 is 1.07 bits per heavy atom. The number of pyridine rings is 1. The zero-order chi connectivity index (χ0) is 19.1. The van der Waals surface area contributed by atoms with Crippen molar-refractivity contribution in [1.29, 1.82) is 0 Å². The molecule has 0 saturated carbocycles. The number of hydrogen-bond acceptors (Lipinski definition) is 4. The van der Waals surface area contributed by atoms with Gasteiger partial charge in [-0.15, -0.1) is 0 Å². The van der Waals surface area contributed by atoms with Crippen molar-refractivity contribution in [3.8, 4) is 17.4 Å². The predicted molar refractivity (Wildman–Crippen MR) is 99.2 cm³/mol. The van der Waals surface area contributed by atoms with E-state index in [0.717, 1.165) is 5.56 Å². The summed E-state index contributed by atoms with van der Waals surface area (Å²) < 4.78 is 24.4. The standard InChI is InChI=1S/C21H19FN2O3/c1-15-5-2-8-18(11-15)26-14-20(25)24-13-16-6-4-10-23-21(16)27-19-9-3-7-17(22)12-19/h2-12H,13-14H2,1H3,(H,24,25). The molecule has 0 aliphatic rings. The molecule has 0 aliphatic heterocycles. The molecule has 0 aliphatic carbocycles. The van der Waals surface area contributed by atoms with Gasteiger partial charge in [0.15, 0.2) is 6.61 Å². The van der Waals surface area contributed by atoms with Gasteiger partial charge in [0, 0.05) is 24.4 Å². The number of aryl methyl sites for hydroxylation is 1. The molecule has 1 amide bonds. The third-order valence-corrected chi connectivity index (χ3v) is 3.70. The first-order valence-corrected chi connectivity index (χ1v) is 8.43. The van der Waals surface area contributed by atoms with Gasteiger partial charge in [-0.3, -0.25) is 4.79 Å². The van der Waals surface area contributed by atoms with Crippen molar-refractivity contribution in [3.63, 3.8) is 0 Å². The number of halogens is 1. The van der Waals surface area contributed by atoms with E-state index in [1.807, 2.05) is 25.1 Å². The summed E-state index contributed by atoms with van der Waals surface area (Å²) >= 11 is 0. The summed E-state index contributed by atoms with van der Waals surface area (Å²) in [5.41, 5.74) is 1.73. The summed E-state index contributed by atoms with van der Waals surface area (Å²) in [5.74, 6) is 0.623. The Bertz CT molecular complexity index is 931. The Morgan fingerprint density at radius 3 is 2.70 bits per heavy atom. The van der Waals surface area contributed by atoms with Crippen molar-refractivity contribution in [2.24, 2.45) is 0 Å². The molecule has 0 unspecified atom stereocenters. The second-order valence-corrected chi connectivity index (χ2v) is 5.91. The number of nitrogens with one attached hydrogen (secondary N) is 1. The maximum absolute atomic E-state index is 13.3. The second-order valence-electron chi connectivity index (χ2n) is 5.91. The number of aromatic nitrogens is 1. The van der Waals surface area contributed by atoms with Crippen LogP contribution in [0.2, 0.25) is 0 Å². The van der Waals surface area contributed by atoms with E-state index in [9.17, 15) is 9.18 Å². The quantitative estimate of drug-likeness (QED) is 0.686. The van der Waals surface area contributed by atoms with Crippen molar-refractivity contribution in [3.05, 3.63) is 83.8 Å². The Hall–Kier alpha value is -3.41. The molecule has 0 radical (unpaired) electrons. The summed E-state index contributed by atoms with van der Waals surface area (Å²) in [6.07, 6.45) is 1.57. The molecule has 0 saturated heterocycles. The SMILES string of the molecule is Cc1cccc(OCC(=O)NCc2cccnc2Oc2cccc(F)c2)c1. The van der Waals surface area contributed by atoms with E-state index >= 15 is 0 Å². The van der Waals surface area contributed by atoms with Gasteiger partial charge in [0.05, 0.1) is 0 Å². The molecule has 1 heterocycles. The van der Waals surface area contributed by atoms with Gasteiger partial charge >= 0.3 is 0 Å². The summed E-state index contributed by atoms with van der Waals surface area (Å²) in [5, 5.41) is 2.76. The molecule has 3 aromatic rings. The average molecular weight is 366 g/mol. The van der Waals surface area contributed by atoms with Crippen molar-refractivity contribution >= 4 is 5.91 Å². The van der Waals surface area contributed by atoms with E-state index in [1.165, 1.54) is 12.1 Å². The summed E-state index contributed by atoms with van der Waals surface area (Å²) in [7, 11) is 0. The molecule has 27 heavy (non-hydrogen) atoms. The van der Waals surface area contributed by atoms with E-state index in [4.69, 9.17) is 9.47 Å². The molecule has 0 atom stereocenters. The molecule has 138 valence electrons. The van der Waals surface area contributed by atoms with Crippen LogP contribution in [0.1, 0.15) is 11.1 Å². The van der Waals surface area contributed by atoms with Crippen LogP contribution in [-0.4, -0.2) is 17.5 Å². The van der Waals surface area contributed by atoms with Crippen LogP contribution in [0.5, 0.6) is 17.4 Å². The molecule has 3 rings (SSSR count). The summed E-state index contributed by atoms with van der Waals surface area (Å²) in [6.45, 7) is 2.08. The first-order valence-electron chi connectivity index (χ1n) is 8.43. The maximum Gasteiger partial charge on any atom is 0.258 e. The fraction of sp³-hybridized carbons (Fsp3) is 0.143. The summed E-state index contributed by atoms with van der Waals surface area (Å²) in [4.78, 5) is 16.2. The number of benzene rings is 2. The van der Waals surface area contributed by atoms with E-state index in [-0.39, 0.29) is 19.1 Å². The normalized spacial score (nSPS) is 10.3. The van der Waals surface area contributed by atoms with Gasteiger partial charge in [-0.2, -0.15) is 0 Å². The van der Waals surface area contributed by atoms with Crippen LogP contribution in [0.15, 0.2) is 66.9 Å². The fourth-order valence-corrected chi connectivity index (χ4v) is 2.39. The number of carbonyl (C=O) groups is 1. The first kappa shape index (κ1) is 18.4. The number of ether oxygens (including phenoxy) is 2. The highest BCUT2D eigenvalue weighted by Crippen LogP contribution is 2.23. The van der Waals surface area contributed by atoms with Gasteiger partial charge in [0.1, 0.15) is 17.3 Å².